The highest BCUT2D eigenvalue weighted by Crippen LogP contribution is 2.32. The van der Waals surface area contributed by atoms with Crippen LogP contribution in [-0.4, -0.2) is 0 Å². The molecule has 0 aliphatic heterocycles. The van der Waals surface area contributed by atoms with Crippen LogP contribution in [0.2, 0.25) is 10.0 Å². The van der Waals surface area contributed by atoms with Crippen LogP contribution in [0.25, 0.3) is 10.1 Å². The van der Waals surface area contributed by atoms with Gasteiger partial charge in [0.05, 0.1) is 0 Å². The van der Waals surface area contributed by atoms with E-state index in [9.17, 15) is 0 Å². The SMILES string of the molecule is NC(Cc1ccc(Cl)cc1Cl)c1cc2ccccc2s1. The number of hydrogen-bond donors (Lipinski definition) is 1. The number of hydrogen-bond acceptors (Lipinski definition) is 2. The lowest BCUT2D eigenvalue weighted by Crippen LogP contribution is -2.11. The van der Waals surface area contributed by atoms with Gasteiger partial charge in [0.15, 0.2) is 0 Å². The van der Waals surface area contributed by atoms with Crippen molar-refractivity contribution < 1.29 is 0 Å². The number of halogens is 2. The zero-order valence-corrected chi connectivity index (χ0v) is 13.0. The highest BCUT2D eigenvalue weighted by molar-refractivity contribution is 7.19. The van der Waals surface area contributed by atoms with E-state index in [0.29, 0.717) is 16.5 Å². The van der Waals surface area contributed by atoms with E-state index >= 15 is 0 Å². The summed E-state index contributed by atoms with van der Waals surface area (Å²) >= 11 is 13.9. The van der Waals surface area contributed by atoms with Crippen molar-refractivity contribution in [2.45, 2.75) is 12.5 Å². The van der Waals surface area contributed by atoms with Crippen molar-refractivity contribution >= 4 is 44.6 Å². The molecule has 0 aliphatic rings. The molecule has 0 saturated carbocycles. The fourth-order valence-electron chi connectivity index (χ4n) is 2.21. The Balaban J connectivity index is 1.86. The smallest absolute Gasteiger partial charge is 0.0453 e. The Labute approximate surface area is 131 Å². The molecular weight excluding hydrogens is 309 g/mol. The molecule has 2 N–H and O–H groups in total. The third-order valence-corrected chi connectivity index (χ3v) is 5.10. The Bertz CT molecular complexity index is 718. The predicted octanol–water partition coefficient (Wildman–Crippen LogP) is 5.45. The number of thiophene rings is 1. The van der Waals surface area contributed by atoms with E-state index in [1.807, 2.05) is 24.3 Å². The van der Waals surface area contributed by atoms with Gasteiger partial charge >= 0.3 is 0 Å². The maximum absolute atomic E-state index is 6.32. The topological polar surface area (TPSA) is 26.0 Å². The van der Waals surface area contributed by atoms with Crippen molar-refractivity contribution in [1.82, 2.24) is 0 Å². The molecule has 1 aromatic heterocycles. The fourth-order valence-corrected chi connectivity index (χ4v) is 3.76. The minimum absolute atomic E-state index is 0.0499. The normalized spacial score (nSPS) is 12.8. The molecule has 0 bridgehead atoms. The van der Waals surface area contributed by atoms with Crippen molar-refractivity contribution in [3.8, 4) is 0 Å². The van der Waals surface area contributed by atoms with Gasteiger partial charge in [0.2, 0.25) is 0 Å². The second kappa shape index (κ2) is 5.74. The average Bonchev–Trinajstić information content (AvgIpc) is 2.86. The first kappa shape index (κ1) is 13.9. The Kier molecular flexibility index (Phi) is 3.99. The molecule has 1 heterocycles. The summed E-state index contributed by atoms with van der Waals surface area (Å²) in [7, 11) is 0. The van der Waals surface area contributed by atoms with Crippen molar-refractivity contribution in [2.75, 3.05) is 0 Å². The van der Waals surface area contributed by atoms with Crippen LogP contribution in [0.3, 0.4) is 0 Å². The summed E-state index contributed by atoms with van der Waals surface area (Å²) in [5, 5.41) is 2.56. The van der Waals surface area contributed by atoms with Crippen molar-refractivity contribution in [2.24, 2.45) is 5.73 Å². The van der Waals surface area contributed by atoms with Crippen LogP contribution in [0.4, 0.5) is 0 Å². The van der Waals surface area contributed by atoms with Crippen molar-refractivity contribution in [3.05, 3.63) is 69.0 Å². The molecule has 3 aromatic rings. The first-order valence-electron chi connectivity index (χ1n) is 6.31. The second-order valence-corrected chi connectivity index (χ2v) is 6.69. The van der Waals surface area contributed by atoms with Crippen molar-refractivity contribution in [1.29, 1.82) is 0 Å². The molecule has 4 heteroatoms. The largest absolute Gasteiger partial charge is 0.323 e. The maximum Gasteiger partial charge on any atom is 0.0453 e. The number of rotatable bonds is 3. The quantitative estimate of drug-likeness (QED) is 0.681. The third kappa shape index (κ3) is 2.84. The summed E-state index contributed by atoms with van der Waals surface area (Å²) in [6.45, 7) is 0. The van der Waals surface area contributed by atoms with E-state index in [2.05, 4.69) is 18.2 Å². The Morgan fingerprint density at radius 3 is 2.60 bits per heavy atom. The number of benzene rings is 2. The summed E-state index contributed by atoms with van der Waals surface area (Å²) in [6, 6.07) is 16.0. The molecule has 1 nitrogen and oxygen atoms in total. The van der Waals surface area contributed by atoms with Gasteiger partial charge in [-0.3, -0.25) is 0 Å². The van der Waals surface area contributed by atoms with Gasteiger partial charge in [-0.05, 0) is 41.6 Å². The predicted molar refractivity (Wildman–Crippen MR) is 88.9 cm³/mol. The van der Waals surface area contributed by atoms with Gasteiger partial charge < -0.3 is 5.73 Å². The number of nitrogens with two attached hydrogens (primary N) is 1. The fraction of sp³-hybridized carbons (Fsp3) is 0.125. The zero-order chi connectivity index (χ0) is 14.1. The number of fused-ring (bicyclic) bond motifs is 1. The lowest BCUT2D eigenvalue weighted by molar-refractivity contribution is 0.737. The molecule has 1 atom stereocenters. The van der Waals surface area contributed by atoms with Gasteiger partial charge in [-0.1, -0.05) is 47.5 Å². The van der Waals surface area contributed by atoms with E-state index in [1.54, 1.807) is 17.4 Å². The Hall–Kier alpha value is -1.06. The first-order chi connectivity index (χ1) is 9.63. The van der Waals surface area contributed by atoms with Gasteiger partial charge in [-0.25, -0.2) is 0 Å². The minimum atomic E-state index is -0.0499. The lowest BCUT2D eigenvalue weighted by atomic mass is 10.0. The van der Waals surface area contributed by atoms with Gasteiger partial charge in [-0.2, -0.15) is 0 Å². The van der Waals surface area contributed by atoms with Crippen LogP contribution < -0.4 is 5.73 Å². The maximum atomic E-state index is 6.32. The van der Waals surface area contributed by atoms with E-state index in [1.165, 1.54) is 15.0 Å². The minimum Gasteiger partial charge on any atom is -0.323 e. The molecule has 0 amide bonds. The summed E-state index contributed by atoms with van der Waals surface area (Å²) in [5.41, 5.74) is 7.35. The summed E-state index contributed by atoms with van der Waals surface area (Å²) in [6.07, 6.45) is 0.711. The monoisotopic (exact) mass is 321 g/mol. The van der Waals surface area contributed by atoms with Gasteiger partial charge in [0.25, 0.3) is 0 Å². The summed E-state index contributed by atoms with van der Waals surface area (Å²) in [5.74, 6) is 0. The molecule has 0 fully saturated rings. The lowest BCUT2D eigenvalue weighted by Gasteiger charge is -2.11. The molecule has 0 radical (unpaired) electrons. The second-order valence-electron chi connectivity index (χ2n) is 4.73. The Morgan fingerprint density at radius 1 is 1.05 bits per heavy atom. The summed E-state index contributed by atoms with van der Waals surface area (Å²) < 4.78 is 1.26. The molecule has 0 saturated heterocycles. The molecule has 3 rings (SSSR count). The van der Waals surface area contributed by atoms with Crippen LogP contribution in [0.15, 0.2) is 48.5 Å². The van der Waals surface area contributed by atoms with Gasteiger partial charge in [0, 0.05) is 25.7 Å². The standard InChI is InChI=1S/C16H13Cl2NS/c17-12-6-5-10(13(18)9-12)7-14(19)16-8-11-3-1-2-4-15(11)20-16/h1-6,8-9,14H,7,19H2. The highest BCUT2D eigenvalue weighted by atomic mass is 35.5. The molecule has 102 valence electrons. The molecular formula is C16H13Cl2NS. The zero-order valence-electron chi connectivity index (χ0n) is 10.6. The van der Waals surface area contributed by atoms with Crippen LogP contribution in [0.1, 0.15) is 16.5 Å². The first-order valence-corrected chi connectivity index (χ1v) is 7.89. The summed E-state index contributed by atoms with van der Waals surface area (Å²) in [4.78, 5) is 1.18. The molecule has 1 unspecified atom stereocenters. The van der Waals surface area contributed by atoms with E-state index in [-0.39, 0.29) is 6.04 Å². The highest BCUT2D eigenvalue weighted by Gasteiger charge is 2.12. The molecule has 2 aromatic carbocycles. The Morgan fingerprint density at radius 2 is 1.85 bits per heavy atom. The van der Waals surface area contributed by atoms with Gasteiger partial charge in [0.1, 0.15) is 0 Å². The van der Waals surface area contributed by atoms with Crippen molar-refractivity contribution in [3.63, 3.8) is 0 Å². The average molecular weight is 322 g/mol. The van der Waals surface area contributed by atoms with E-state index in [4.69, 9.17) is 28.9 Å². The van der Waals surface area contributed by atoms with Crippen LogP contribution >= 0.6 is 34.5 Å². The molecule has 20 heavy (non-hydrogen) atoms. The van der Waals surface area contributed by atoms with Crippen LogP contribution in [0.5, 0.6) is 0 Å². The van der Waals surface area contributed by atoms with Crippen LogP contribution in [-0.2, 0) is 6.42 Å². The third-order valence-electron chi connectivity index (χ3n) is 3.26. The molecule has 0 spiro atoms. The molecule has 0 aliphatic carbocycles. The van der Waals surface area contributed by atoms with E-state index < -0.39 is 0 Å². The van der Waals surface area contributed by atoms with Crippen LogP contribution in [0, 0.1) is 0 Å². The van der Waals surface area contributed by atoms with E-state index in [0.717, 1.165) is 5.56 Å². The van der Waals surface area contributed by atoms with Gasteiger partial charge in [-0.15, -0.1) is 11.3 Å².